The number of rotatable bonds is 3. The number of hydrogen-bond donors (Lipinski definition) is 1. The van der Waals surface area contributed by atoms with Gasteiger partial charge in [0.15, 0.2) is 0 Å². The van der Waals surface area contributed by atoms with Gasteiger partial charge in [0.1, 0.15) is 5.82 Å². The summed E-state index contributed by atoms with van der Waals surface area (Å²) in [7, 11) is 1.92. The number of benzene rings is 1. The molecule has 0 saturated carbocycles. The van der Waals surface area contributed by atoms with Crippen molar-refractivity contribution in [1.82, 2.24) is 5.32 Å². The van der Waals surface area contributed by atoms with Crippen LogP contribution in [0, 0.1) is 24.6 Å². The van der Waals surface area contributed by atoms with E-state index in [9.17, 15) is 4.39 Å². The highest BCUT2D eigenvalue weighted by Crippen LogP contribution is 2.33. The fraction of sp³-hybridized carbons (Fsp3) is 0.647. The Hall–Kier alpha value is -1.09. The van der Waals surface area contributed by atoms with E-state index in [0.29, 0.717) is 5.92 Å². The SMILES string of the molecule is CNC(C)c1cc(F)c(C)cc1N1CCC(C)C(C)C1. The molecule has 3 unspecified atom stereocenters. The average molecular weight is 278 g/mol. The van der Waals surface area contributed by atoms with Gasteiger partial charge in [0.05, 0.1) is 0 Å². The van der Waals surface area contributed by atoms with Gasteiger partial charge in [-0.3, -0.25) is 0 Å². The molecule has 112 valence electrons. The summed E-state index contributed by atoms with van der Waals surface area (Å²) < 4.78 is 13.9. The summed E-state index contributed by atoms with van der Waals surface area (Å²) in [6.45, 7) is 10.7. The van der Waals surface area contributed by atoms with Crippen molar-refractivity contribution in [1.29, 1.82) is 0 Å². The Morgan fingerprint density at radius 1 is 1.30 bits per heavy atom. The third kappa shape index (κ3) is 2.98. The maximum absolute atomic E-state index is 13.9. The molecule has 0 spiro atoms. The van der Waals surface area contributed by atoms with Gasteiger partial charge in [0, 0.05) is 24.8 Å². The van der Waals surface area contributed by atoms with E-state index in [2.05, 4.69) is 31.0 Å². The zero-order valence-corrected chi connectivity index (χ0v) is 13.3. The molecule has 1 aliphatic rings. The Bertz CT molecular complexity index is 472. The van der Waals surface area contributed by atoms with Gasteiger partial charge in [-0.25, -0.2) is 4.39 Å². The van der Waals surface area contributed by atoms with Crippen LogP contribution in [0.1, 0.15) is 44.4 Å². The lowest BCUT2D eigenvalue weighted by atomic mass is 9.87. The molecule has 1 fully saturated rings. The van der Waals surface area contributed by atoms with Crippen molar-refractivity contribution in [3.8, 4) is 0 Å². The molecule has 20 heavy (non-hydrogen) atoms. The maximum atomic E-state index is 13.9. The molecule has 0 aliphatic carbocycles. The Balaban J connectivity index is 2.37. The summed E-state index contributed by atoms with van der Waals surface area (Å²) >= 11 is 0. The van der Waals surface area contributed by atoms with Crippen LogP contribution < -0.4 is 10.2 Å². The molecule has 2 nitrogen and oxygen atoms in total. The van der Waals surface area contributed by atoms with Crippen LogP contribution >= 0.6 is 0 Å². The number of hydrogen-bond acceptors (Lipinski definition) is 2. The predicted molar refractivity (Wildman–Crippen MR) is 83.8 cm³/mol. The summed E-state index contributed by atoms with van der Waals surface area (Å²) in [5.74, 6) is 1.36. The lowest BCUT2D eigenvalue weighted by Gasteiger charge is -2.38. The third-order valence-corrected chi connectivity index (χ3v) is 4.88. The van der Waals surface area contributed by atoms with Gasteiger partial charge in [0.25, 0.3) is 0 Å². The van der Waals surface area contributed by atoms with Crippen molar-refractivity contribution < 1.29 is 4.39 Å². The number of anilines is 1. The van der Waals surface area contributed by atoms with E-state index in [0.717, 1.165) is 30.1 Å². The van der Waals surface area contributed by atoms with Crippen LogP contribution in [-0.2, 0) is 0 Å². The smallest absolute Gasteiger partial charge is 0.126 e. The van der Waals surface area contributed by atoms with Crippen molar-refractivity contribution in [2.24, 2.45) is 11.8 Å². The van der Waals surface area contributed by atoms with E-state index in [1.54, 1.807) is 6.07 Å². The molecule has 0 amide bonds. The zero-order valence-electron chi connectivity index (χ0n) is 13.3. The van der Waals surface area contributed by atoms with E-state index in [1.807, 2.05) is 20.0 Å². The molecule has 3 heteroatoms. The van der Waals surface area contributed by atoms with E-state index >= 15 is 0 Å². The first-order valence-electron chi connectivity index (χ1n) is 7.66. The standard InChI is InChI=1S/C17H27FN2/c1-11-6-7-20(10-13(11)3)17-8-12(2)16(18)9-15(17)14(4)19-5/h8-9,11,13-14,19H,6-7,10H2,1-5H3. The molecule has 0 radical (unpaired) electrons. The van der Waals surface area contributed by atoms with Crippen LogP contribution in [-0.4, -0.2) is 20.1 Å². The van der Waals surface area contributed by atoms with Crippen LogP contribution in [0.2, 0.25) is 0 Å². The van der Waals surface area contributed by atoms with E-state index in [1.165, 1.54) is 12.1 Å². The molecule has 1 N–H and O–H groups in total. The molecular weight excluding hydrogens is 251 g/mol. The summed E-state index contributed by atoms with van der Waals surface area (Å²) in [4.78, 5) is 2.43. The quantitative estimate of drug-likeness (QED) is 0.902. The highest BCUT2D eigenvalue weighted by molar-refractivity contribution is 5.57. The van der Waals surface area contributed by atoms with Gasteiger partial charge in [-0.1, -0.05) is 13.8 Å². The molecule has 1 aromatic rings. The molecule has 0 aromatic heterocycles. The van der Waals surface area contributed by atoms with Crippen LogP contribution in [0.15, 0.2) is 12.1 Å². The van der Waals surface area contributed by atoms with E-state index in [4.69, 9.17) is 0 Å². The van der Waals surface area contributed by atoms with Gasteiger partial charge >= 0.3 is 0 Å². The van der Waals surface area contributed by atoms with Crippen molar-refractivity contribution >= 4 is 5.69 Å². The first-order valence-corrected chi connectivity index (χ1v) is 7.66. The fourth-order valence-corrected chi connectivity index (χ4v) is 2.94. The minimum absolute atomic E-state index is 0.107. The Labute approximate surface area is 122 Å². The second-order valence-electron chi connectivity index (χ2n) is 6.36. The second kappa shape index (κ2) is 6.13. The molecule has 2 rings (SSSR count). The Morgan fingerprint density at radius 3 is 2.60 bits per heavy atom. The topological polar surface area (TPSA) is 15.3 Å². The number of nitrogens with one attached hydrogen (secondary N) is 1. The van der Waals surface area contributed by atoms with Crippen molar-refractivity contribution in [3.05, 3.63) is 29.1 Å². The molecule has 1 aromatic carbocycles. The number of nitrogens with zero attached hydrogens (tertiary/aromatic N) is 1. The van der Waals surface area contributed by atoms with Crippen LogP contribution in [0.25, 0.3) is 0 Å². The number of piperidine rings is 1. The summed E-state index contributed by atoms with van der Waals surface area (Å²) in [5, 5.41) is 3.23. The second-order valence-corrected chi connectivity index (χ2v) is 6.36. The van der Waals surface area contributed by atoms with Gasteiger partial charge in [-0.05, 0) is 62.4 Å². The van der Waals surface area contributed by atoms with Crippen LogP contribution in [0.3, 0.4) is 0 Å². The van der Waals surface area contributed by atoms with Gasteiger partial charge in [0.2, 0.25) is 0 Å². The molecule has 1 aliphatic heterocycles. The minimum Gasteiger partial charge on any atom is -0.371 e. The first kappa shape index (κ1) is 15.3. The first-order chi connectivity index (χ1) is 9.43. The summed E-state index contributed by atoms with van der Waals surface area (Å²) in [6.07, 6.45) is 1.21. The molecule has 0 bridgehead atoms. The lowest BCUT2D eigenvalue weighted by Crippen LogP contribution is -2.39. The largest absolute Gasteiger partial charge is 0.371 e. The van der Waals surface area contributed by atoms with E-state index in [-0.39, 0.29) is 11.9 Å². The Kier molecular flexibility index (Phi) is 4.69. The van der Waals surface area contributed by atoms with Gasteiger partial charge < -0.3 is 10.2 Å². The van der Waals surface area contributed by atoms with Crippen molar-refractivity contribution in [2.75, 3.05) is 25.0 Å². The fourth-order valence-electron chi connectivity index (χ4n) is 2.94. The lowest BCUT2D eigenvalue weighted by molar-refractivity contribution is 0.323. The van der Waals surface area contributed by atoms with Crippen LogP contribution in [0.4, 0.5) is 10.1 Å². The van der Waals surface area contributed by atoms with Crippen molar-refractivity contribution in [2.45, 2.75) is 40.2 Å². The third-order valence-electron chi connectivity index (χ3n) is 4.88. The molecular formula is C17H27FN2. The molecule has 1 heterocycles. The van der Waals surface area contributed by atoms with E-state index < -0.39 is 0 Å². The number of halogens is 1. The minimum atomic E-state index is -0.107. The average Bonchev–Trinajstić information content (AvgIpc) is 2.43. The van der Waals surface area contributed by atoms with Gasteiger partial charge in [-0.2, -0.15) is 0 Å². The Morgan fingerprint density at radius 2 is 2.00 bits per heavy atom. The summed E-state index contributed by atoms with van der Waals surface area (Å²) in [5.41, 5.74) is 3.00. The van der Waals surface area contributed by atoms with Crippen molar-refractivity contribution in [3.63, 3.8) is 0 Å². The maximum Gasteiger partial charge on any atom is 0.126 e. The highest BCUT2D eigenvalue weighted by Gasteiger charge is 2.25. The normalized spacial score (nSPS) is 24.8. The highest BCUT2D eigenvalue weighted by atomic mass is 19.1. The number of aryl methyl sites for hydroxylation is 1. The monoisotopic (exact) mass is 278 g/mol. The summed E-state index contributed by atoms with van der Waals surface area (Å²) in [6, 6.07) is 3.88. The molecule has 3 atom stereocenters. The zero-order chi connectivity index (χ0) is 14.9. The van der Waals surface area contributed by atoms with Gasteiger partial charge in [-0.15, -0.1) is 0 Å². The molecule has 1 saturated heterocycles. The predicted octanol–water partition coefficient (Wildman–Crippen LogP) is 3.90. The van der Waals surface area contributed by atoms with Crippen LogP contribution in [0.5, 0.6) is 0 Å².